The van der Waals surface area contributed by atoms with E-state index in [9.17, 15) is 18.0 Å². The third kappa shape index (κ3) is 3.99. The summed E-state index contributed by atoms with van der Waals surface area (Å²) in [4.78, 5) is 26.6. The van der Waals surface area contributed by atoms with Gasteiger partial charge in [-0.25, -0.2) is 18.2 Å². The Morgan fingerprint density at radius 2 is 2.00 bits per heavy atom. The Hall–Kier alpha value is -1.52. The largest absolute Gasteiger partial charge is 0.468 e. The molecule has 0 spiro atoms. The second-order valence-corrected chi connectivity index (χ2v) is 6.88. The first-order valence-corrected chi connectivity index (χ1v) is 8.29. The van der Waals surface area contributed by atoms with Crippen molar-refractivity contribution in [1.29, 1.82) is 0 Å². The molecule has 0 saturated heterocycles. The fourth-order valence-electron chi connectivity index (χ4n) is 1.51. The van der Waals surface area contributed by atoms with Gasteiger partial charge in [-0.3, -0.25) is 4.79 Å². The Bertz CT molecular complexity index is 610. The van der Waals surface area contributed by atoms with Crippen molar-refractivity contribution in [2.75, 3.05) is 27.3 Å². The number of thiazole rings is 1. The molecule has 0 aliphatic carbocycles. The quantitative estimate of drug-likeness (QED) is 0.668. The van der Waals surface area contributed by atoms with Crippen LogP contribution in [0.3, 0.4) is 0 Å². The second kappa shape index (κ2) is 7.48. The highest BCUT2D eigenvalue weighted by atomic mass is 32.2. The van der Waals surface area contributed by atoms with Crippen LogP contribution in [-0.2, 0) is 24.3 Å². The molecule has 0 aliphatic rings. The number of hydrogen-bond acceptors (Lipinski definition) is 8. The van der Waals surface area contributed by atoms with Crippen LogP contribution in [0.5, 0.6) is 0 Å². The molecule has 0 aliphatic heterocycles. The van der Waals surface area contributed by atoms with Gasteiger partial charge in [-0.2, -0.15) is 4.31 Å². The zero-order valence-electron chi connectivity index (χ0n) is 11.9. The lowest BCUT2D eigenvalue weighted by molar-refractivity contribution is -0.140. The Morgan fingerprint density at radius 3 is 2.52 bits per heavy atom. The number of rotatable bonds is 7. The molecule has 0 amide bonds. The molecular formula is C11H16N2O6S2. The van der Waals surface area contributed by atoms with E-state index in [-0.39, 0.29) is 16.4 Å². The fraction of sp³-hybridized carbons (Fsp3) is 0.545. The Kier molecular flexibility index (Phi) is 6.24. The van der Waals surface area contributed by atoms with Crippen LogP contribution in [0.1, 0.15) is 23.8 Å². The van der Waals surface area contributed by atoms with E-state index in [1.165, 1.54) is 12.6 Å². The van der Waals surface area contributed by atoms with E-state index in [1.807, 2.05) is 0 Å². The van der Waals surface area contributed by atoms with Crippen LogP contribution < -0.4 is 0 Å². The van der Waals surface area contributed by atoms with Crippen LogP contribution in [0.4, 0.5) is 0 Å². The number of sulfonamides is 1. The first-order valence-electron chi connectivity index (χ1n) is 5.97. The van der Waals surface area contributed by atoms with Crippen molar-refractivity contribution in [3.63, 3.8) is 0 Å². The summed E-state index contributed by atoms with van der Waals surface area (Å²) in [7, 11) is -1.72. The topological polar surface area (TPSA) is 103 Å². The Labute approximate surface area is 126 Å². The molecule has 1 aromatic heterocycles. The molecular weight excluding hydrogens is 320 g/mol. The van der Waals surface area contributed by atoms with Crippen LogP contribution in [0.25, 0.3) is 0 Å². The fourth-order valence-corrected chi connectivity index (χ4v) is 4.26. The average molecular weight is 336 g/mol. The van der Waals surface area contributed by atoms with E-state index < -0.39 is 28.5 Å². The minimum absolute atomic E-state index is 0.121. The van der Waals surface area contributed by atoms with Gasteiger partial charge in [0.15, 0.2) is 9.90 Å². The Balaban J connectivity index is 3.20. The van der Waals surface area contributed by atoms with Gasteiger partial charge < -0.3 is 9.47 Å². The zero-order chi connectivity index (χ0) is 16.0. The molecule has 0 bridgehead atoms. The Morgan fingerprint density at radius 1 is 1.33 bits per heavy atom. The summed E-state index contributed by atoms with van der Waals surface area (Å²) in [6, 6.07) is 0. The van der Waals surface area contributed by atoms with Crippen molar-refractivity contribution in [3.8, 4) is 0 Å². The van der Waals surface area contributed by atoms with Crippen molar-refractivity contribution >= 4 is 33.3 Å². The van der Waals surface area contributed by atoms with Gasteiger partial charge in [-0.1, -0.05) is 6.92 Å². The summed E-state index contributed by atoms with van der Waals surface area (Å²) in [5.74, 6) is -1.53. The predicted octanol–water partition coefficient (Wildman–Crippen LogP) is 0.503. The number of aromatic nitrogens is 1. The highest BCUT2D eigenvalue weighted by Gasteiger charge is 2.33. The number of carbonyl (C=O) groups is 2. The molecule has 118 valence electrons. The highest BCUT2D eigenvalue weighted by Crippen LogP contribution is 2.25. The lowest BCUT2D eigenvalue weighted by atomic mass is 10.5. The zero-order valence-corrected chi connectivity index (χ0v) is 13.5. The molecule has 0 saturated carbocycles. The van der Waals surface area contributed by atoms with Crippen molar-refractivity contribution in [3.05, 3.63) is 11.2 Å². The van der Waals surface area contributed by atoms with Gasteiger partial charge in [0.25, 0.3) is 10.0 Å². The van der Waals surface area contributed by atoms with Crippen molar-refractivity contribution < 1.29 is 27.5 Å². The number of methoxy groups -OCH3 is 2. The molecule has 0 atom stereocenters. The third-order valence-corrected chi connectivity index (χ3v) is 5.69. The number of carbonyl (C=O) groups excluding carboxylic acids is 2. The summed E-state index contributed by atoms with van der Waals surface area (Å²) in [5.41, 5.74) is 0.954. The van der Waals surface area contributed by atoms with E-state index in [0.717, 1.165) is 22.8 Å². The van der Waals surface area contributed by atoms with Gasteiger partial charge >= 0.3 is 11.9 Å². The molecule has 0 radical (unpaired) electrons. The monoisotopic (exact) mass is 336 g/mol. The van der Waals surface area contributed by atoms with Gasteiger partial charge in [0, 0.05) is 6.54 Å². The first kappa shape index (κ1) is 17.5. The van der Waals surface area contributed by atoms with E-state index in [2.05, 4.69) is 14.5 Å². The summed E-state index contributed by atoms with van der Waals surface area (Å²) in [5, 5.41) is 0. The number of nitrogens with zero attached hydrogens (tertiary/aromatic N) is 2. The van der Waals surface area contributed by atoms with E-state index >= 15 is 0 Å². The minimum Gasteiger partial charge on any atom is -0.468 e. The third-order valence-electron chi connectivity index (χ3n) is 2.49. The molecule has 1 heterocycles. The van der Waals surface area contributed by atoms with Crippen LogP contribution in [0.2, 0.25) is 0 Å². The van der Waals surface area contributed by atoms with Crippen LogP contribution >= 0.6 is 11.3 Å². The van der Waals surface area contributed by atoms with E-state index in [0.29, 0.717) is 6.42 Å². The molecule has 1 aromatic rings. The SMILES string of the molecule is CCCN(CC(=O)OC)S(=O)(=O)c1scnc1C(=O)OC. The van der Waals surface area contributed by atoms with E-state index in [1.54, 1.807) is 6.92 Å². The molecule has 10 heteroatoms. The van der Waals surface area contributed by atoms with Crippen LogP contribution in [0.15, 0.2) is 9.72 Å². The first-order chi connectivity index (χ1) is 9.88. The van der Waals surface area contributed by atoms with Crippen molar-refractivity contribution in [2.24, 2.45) is 0 Å². The van der Waals surface area contributed by atoms with Gasteiger partial charge in [0.2, 0.25) is 0 Å². The molecule has 1 rings (SSSR count). The average Bonchev–Trinajstić information content (AvgIpc) is 2.95. The van der Waals surface area contributed by atoms with Crippen LogP contribution in [0, 0.1) is 0 Å². The van der Waals surface area contributed by atoms with Gasteiger partial charge in [0.1, 0.15) is 6.54 Å². The summed E-state index contributed by atoms with van der Waals surface area (Å²) in [6.45, 7) is 1.47. The van der Waals surface area contributed by atoms with Crippen molar-refractivity contribution in [1.82, 2.24) is 9.29 Å². The molecule has 0 aromatic carbocycles. The van der Waals surface area contributed by atoms with Gasteiger partial charge in [-0.15, -0.1) is 11.3 Å². The summed E-state index contributed by atoms with van der Waals surface area (Å²) < 4.78 is 34.8. The predicted molar refractivity (Wildman–Crippen MR) is 74.5 cm³/mol. The molecule has 0 unspecified atom stereocenters. The maximum absolute atomic E-state index is 12.6. The highest BCUT2D eigenvalue weighted by molar-refractivity contribution is 7.91. The van der Waals surface area contributed by atoms with Crippen molar-refractivity contribution in [2.45, 2.75) is 17.6 Å². The number of esters is 2. The molecule has 21 heavy (non-hydrogen) atoms. The van der Waals surface area contributed by atoms with Gasteiger partial charge in [-0.05, 0) is 6.42 Å². The molecule has 0 fully saturated rings. The number of hydrogen-bond donors (Lipinski definition) is 0. The number of ether oxygens (including phenoxy) is 2. The molecule has 8 nitrogen and oxygen atoms in total. The second-order valence-electron chi connectivity index (χ2n) is 3.89. The van der Waals surface area contributed by atoms with E-state index in [4.69, 9.17) is 0 Å². The normalized spacial score (nSPS) is 11.4. The maximum Gasteiger partial charge on any atom is 0.358 e. The lowest BCUT2D eigenvalue weighted by Crippen LogP contribution is -2.37. The standard InChI is InChI=1S/C11H16N2O6S2/c1-4-5-13(6-8(14)18-2)21(16,17)11-9(10(15)19-3)12-7-20-11/h7H,4-6H2,1-3H3. The lowest BCUT2D eigenvalue weighted by Gasteiger charge is -2.19. The molecule has 0 N–H and O–H groups in total. The van der Waals surface area contributed by atoms with Gasteiger partial charge in [0.05, 0.1) is 19.7 Å². The van der Waals surface area contributed by atoms with Crippen LogP contribution in [-0.4, -0.2) is 57.0 Å². The summed E-state index contributed by atoms with van der Waals surface area (Å²) >= 11 is 0.795. The summed E-state index contributed by atoms with van der Waals surface area (Å²) in [6.07, 6.45) is 0.503. The minimum atomic E-state index is -4.02. The maximum atomic E-state index is 12.6. The smallest absolute Gasteiger partial charge is 0.358 e.